The van der Waals surface area contributed by atoms with E-state index in [0.29, 0.717) is 17.0 Å². The highest BCUT2D eigenvalue weighted by molar-refractivity contribution is 7.80. The number of aryl methyl sites for hydroxylation is 2. The van der Waals surface area contributed by atoms with Gasteiger partial charge in [0, 0.05) is 0 Å². The van der Waals surface area contributed by atoms with Gasteiger partial charge in [0.15, 0.2) is 0 Å². The number of aromatic nitrogens is 2. The topological polar surface area (TPSA) is 80.9 Å². The Hall–Kier alpha value is -1.56. The van der Waals surface area contributed by atoms with Crippen LogP contribution in [-0.4, -0.2) is 27.6 Å². The molecule has 1 aromatic rings. The highest BCUT2D eigenvalue weighted by Gasteiger charge is 2.10. The molecule has 0 aliphatic heterocycles. The largest absolute Gasteiger partial charge is 0.392 e. The van der Waals surface area contributed by atoms with Crippen molar-refractivity contribution in [2.75, 3.05) is 6.54 Å². The number of amides is 1. The molecule has 0 aliphatic rings. The van der Waals surface area contributed by atoms with Gasteiger partial charge in [-0.05, 0) is 19.9 Å². The number of carbonyl (C=O) groups is 1. The van der Waals surface area contributed by atoms with Crippen molar-refractivity contribution in [1.29, 1.82) is 0 Å². The maximum atomic E-state index is 11.6. The van der Waals surface area contributed by atoms with E-state index in [1.807, 2.05) is 0 Å². The number of thiocarbonyl (C=S) groups is 1. The zero-order valence-corrected chi connectivity index (χ0v) is 9.39. The molecule has 0 saturated heterocycles. The lowest BCUT2D eigenvalue weighted by molar-refractivity contribution is 0.0958. The van der Waals surface area contributed by atoms with Crippen LogP contribution in [0.25, 0.3) is 0 Å². The minimum atomic E-state index is -0.238. The lowest BCUT2D eigenvalue weighted by Gasteiger charge is -2.06. The first kappa shape index (κ1) is 11.5. The predicted octanol–water partition coefficient (Wildman–Crippen LogP) is 0.109. The molecular weight excluding hydrogens is 212 g/mol. The molecule has 6 heteroatoms. The third-order valence-corrected chi connectivity index (χ3v) is 1.91. The molecule has 1 heterocycles. The van der Waals surface area contributed by atoms with E-state index >= 15 is 0 Å². The van der Waals surface area contributed by atoms with E-state index < -0.39 is 0 Å². The molecule has 1 aromatic heterocycles. The summed E-state index contributed by atoms with van der Waals surface area (Å²) in [6, 6.07) is 1.68. The summed E-state index contributed by atoms with van der Waals surface area (Å²) in [5, 5.41) is 10.3. The number of nitrogens with zero attached hydrogens (tertiary/aromatic N) is 2. The highest BCUT2D eigenvalue weighted by Crippen LogP contribution is 2.04. The van der Waals surface area contributed by atoms with Crippen molar-refractivity contribution >= 4 is 23.1 Å². The molecule has 0 fully saturated rings. The molecule has 0 spiro atoms. The quantitative estimate of drug-likeness (QED) is 0.712. The molecule has 5 nitrogen and oxygen atoms in total. The molecule has 3 N–H and O–H groups in total. The number of nitrogens with two attached hydrogens (primary N) is 1. The fourth-order valence-electron chi connectivity index (χ4n) is 1.04. The van der Waals surface area contributed by atoms with Gasteiger partial charge in [0.1, 0.15) is 0 Å². The fourth-order valence-corrected chi connectivity index (χ4v) is 1.11. The monoisotopic (exact) mass is 224 g/mol. The minimum absolute atomic E-state index is 0.189. The van der Waals surface area contributed by atoms with Gasteiger partial charge < -0.3 is 11.1 Å². The fraction of sp³-hybridized carbons (Fsp3) is 0.333. The van der Waals surface area contributed by atoms with Crippen molar-refractivity contribution in [2.45, 2.75) is 13.8 Å². The summed E-state index contributed by atoms with van der Waals surface area (Å²) in [5.41, 5.74) is 7.05. The number of rotatable bonds is 3. The van der Waals surface area contributed by atoms with Gasteiger partial charge in [0.05, 0.1) is 28.5 Å². The van der Waals surface area contributed by atoms with Gasteiger partial charge in [0.25, 0.3) is 5.91 Å². The molecule has 15 heavy (non-hydrogen) atoms. The third-order valence-electron chi connectivity index (χ3n) is 1.77. The molecular formula is C9H12N4OS. The van der Waals surface area contributed by atoms with Crippen LogP contribution in [0, 0.1) is 13.8 Å². The standard InChI is InChI=1S/C9H12N4OS/c1-5-3-7(6(2)13-12-5)9(14)11-4-8(10)15/h3H,4H2,1-2H3,(H2,10,15)(H,11,14). The van der Waals surface area contributed by atoms with Crippen LogP contribution in [0.4, 0.5) is 0 Å². The van der Waals surface area contributed by atoms with Crippen molar-refractivity contribution in [3.8, 4) is 0 Å². The second-order valence-corrected chi connectivity index (χ2v) is 3.66. The minimum Gasteiger partial charge on any atom is -0.392 e. The first-order valence-electron chi connectivity index (χ1n) is 4.38. The van der Waals surface area contributed by atoms with Crippen molar-refractivity contribution in [1.82, 2.24) is 15.5 Å². The van der Waals surface area contributed by atoms with E-state index in [2.05, 4.69) is 27.7 Å². The van der Waals surface area contributed by atoms with Gasteiger partial charge >= 0.3 is 0 Å². The van der Waals surface area contributed by atoms with Crippen molar-refractivity contribution < 1.29 is 4.79 Å². The zero-order chi connectivity index (χ0) is 11.4. The second kappa shape index (κ2) is 4.79. The number of hydrogen-bond acceptors (Lipinski definition) is 4. The zero-order valence-electron chi connectivity index (χ0n) is 8.57. The Balaban J connectivity index is 2.81. The van der Waals surface area contributed by atoms with Gasteiger partial charge in [-0.2, -0.15) is 10.2 Å². The molecule has 0 aliphatic carbocycles. The first-order valence-corrected chi connectivity index (χ1v) is 4.79. The Labute approximate surface area is 93.1 Å². The molecule has 0 atom stereocenters. The van der Waals surface area contributed by atoms with Crippen LogP contribution < -0.4 is 11.1 Å². The van der Waals surface area contributed by atoms with Crippen LogP contribution in [0.2, 0.25) is 0 Å². The van der Waals surface area contributed by atoms with Crippen molar-refractivity contribution in [3.05, 3.63) is 23.0 Å². The molecule has 0 unspecified atom stereocenters. The number of nitrogens with one attached hydrogen (secondary N) is 1. The molecule has 80 valence electrons. The predicted molar refractivity (Wildman–Crippen MR) is 60.6 cm³/mol. The summed E-state index contributed by atoms with van der Waals surface area (Å²) in [5.74, 6) is -0.238. The lowest BCUT2D eigenvalue weighted by atomic mass is 10.2. The summed E-state index contributed by atoms with van der Waals surface area (Å²) in [4.78, 5) is 11.9. The first-order chi connectivity index (χ1) is 7.00. The molecule has 0 bridgehead atoms. The second-order valence-electron chi connectivity index (χ2n) is 3.13. The van der Waals surface area contributed by atoms with E-state index in [0.717, 1.165) is 0 Å². The average molecular weight is 224 g/mol. The summed E-state index contributed by atoms with van der Waals surface area (Å²) < 4.78 is 0. The Morgan fingerprint density at radius 1 is 1.53 bits per heavy atom. The molecule has 0 radical (unpaired) electrons. The van der Waals surface area contributed by atoms with E-state index in [-0.39, 0.29) is 17.4 Å². The van der Waals surface area contributed by atoms with Crippen LogP contribution in [0.1, 0.15) is 21.7 Å². The smallest absolute Gasteiger partial charge is 0.253 e. The van der Waals surface area contributed by atoms with Gasteiger partial charge in [-0.1, -0.05) is 12.2 Å². The Morgan fingerprint density at radius 3 is 2.80 bits per heavy atom. The van der Waals surface area contributed by atoms with E-state index in [9.17, 15) is 4.79 Å². The van der Waals surface area contributed by atoms with E-state index in [1.54, 1.807) is 19.9 Å². The maximum absolute atomic E-state index is 11.6. The SMILES string of the molecule is Cc1cc(C(=O)NCC(N)=S)c(C)nn1. The number of hydrogen-bond donors (Lipinski definition) is 2. The van der Waals surface area contributed by atoms with Crippen LogP contribution in [0.15, 0.2) is 6.07 Å². The van der Waals surface area contributed by atoms with Gasteiger partial charge in [-0.3, -0.25) is 4.79 Å². The van der Waals surface area contributed by atoms with Crippen molar-refractivity contribution in [3.63, 3.8) is 0 Å². The summed E-state index contributed by atoms with van der Waals surface area (Å²) in [7, 11) is 0. The Morgan fingerprint density at radius 2 is 2.20 bits per heavy atom. The van der Waals surface area contributed by atoms with E-state index in [4.69, 9.17) is 5.73 Å². The van der Waals surface area contributed by atoms with Crippen LogP contribution in [-0.2, 0) is 0 Å². The summed E-state index contributed by atoms with van der Waals surface area (Å²) in [6.07, 6.45) is 0. The van der Waals surface area contributed by atoms with Gasteiger partial charge in [-0.15, -0.1) is 0 Å². The number of carbonyl (C=O) groups excluding carboxylic acids is 1. The Bertz CT molecular complexity index is 405. The van der Waals surface area contributed by atoms with Gasteiger partial charge in [-0.25, -0.2) is 0 Å². The van der Waals surface area contributed by atoms with Gasteiger partial charge in [0.2, 0.25) is 0 Å². The molecule has 0 aromatic carbocycles. The maximum Gasteiger partial charge on any atom is 0.253 e. The van der Waals surface area contributed by atoms with Crippen LogP contribution >= 0.6 is 12.2 Å². The van der Waals surface area contributed by atoms with Crippen LogP contribution in [0.3, 0.4) is 0 Å². The van der Waals surface area contributed by atoms with Crippen molar-refractivity contribution in [2.24, 2.45) is 5.73 Å². The normalized spacial score (nSPS) is 9.73. The highest BCUT2D eigenvalue weighted by atomic mass is 32.1. The van der Waals surface area contributed by atoms with Crippen LogP contribution in [0.5, 0.6) is 0 Å². The third kappa shape index (κ3) is 3.25. The van der Waals surface area contributed by atoms with E-state index in [1.165, 1.54) is 0 Å². The summed E-state index contributed by atoms with van der Waals surface area (Å²) >= 11 is 4.66. The molecule has 0 saturated carbocycles. The lowest BCUT2D eigenvalue weighted by Crippen LogP contribution is -2.32. The molecule has 1 amide bonds. The summed E-state index contributed by atoms with van der Waals surface area (Å²) in [6.45, 7) is 3.69. The average Bonchev–Trinajstić information content (AvgIpc) is 2.18. The Kier molecular flexibility index (Phi) is 3.68. The molecule has 1 rings (SSSR count).